The van der Waals surface area contributed by atoms with Crippen molar-refractivity contribution in [2.45, 2.75) is 4.90 Å². The molecule has 1 unspecified atom stereocenters. The Bertz CT molecular complexity index is 263. The fourth-order valence-corrected chi connectivity index (χ4v) is 2.01. The van der Waals surface area contributed by atoms with Crippen LogP contribution in [-0.4, -0.2) is 10.8 Å². The first-order valence-electron chi connectivity index (χ1n) is 2.90. The highest BCUT2D eigenvalue weighted by Crippen LogP contribution is 2.24. The molecule has 0 saturated carbocycles. The zero-order chi connectivity index (χ0) is 8.43. The van der Waals surface area contributed by atoms with Gasteiger partial charge in [0, 0.05) is 11.1 Å². The smallest absolute Gasteiger partial charge is 0.172 e. The quantitative estimate of drug-likeness (QED) is 0.652. The maximum Gasteiger partial charge on any atom is 0.172 e. The van der Waals surface area contributed by atoms with Crippen molar-refractivity contribution in [3.8, 4) is 0 Å². The van der Waals surface area contributed by atoms with E-state index in [1.165, 1.54) is 0 Å². The van der Waals surface area contributed by atoms with Gasteiger partial charge in [0.15, 0.2) is 4.90 Å². The zero-order valence-corrected chi connectivity index (χ0v) is 8.13. The Morgan fingerprint density at radius 1 is 1.36 bits per heavy atom. The Hall–Kier alpha value is 0.110. The van der Waals surface area contributed by atoms with Gasteiger partial charge in [-0.15, -0.1) is 0 Å². The highest BCUT2D eigenvalue weighted by atomic mass is 35.5. The molecule has 0 aromatic heterocycles. The second-order valence-electron chi connectivity index (χ2n) is 2.03. The van der Waals surface area contributed by atoms with Crippen LogP contribution in [0.4, 0.5) is 0 Å². The van der Waals surface area contributed by atoms with Crippen LogP contribution in [0.2, 0.25) is 10.0 Å². The van der Waals surface area contributed by atoms with Gasteiger partial charge in [0.1, 0.15) is 6.26 Å². The van der Waals surface area contributed by atoms with Gasteiger partial charge < -0.3 is 4.55 Å². The molecule has 0 spiro atoms. The topological polar surface area (TPSA) is 23.1 Å². The average molecular weight is 209 g/mol. The van der Waals surface area contributed by atoms with E-state index in [1.807, 2.05) is 0 Å². The van der Waals surface area contributed by atoms with E-state index in [0.717, 1.165) is 0 Å². The van der Waals surface area contributed by atoms with Gasteiger partial charge in [0.25, 0.3) is 0 Å². The summed E-state index contributed by atoms with van der Waals surface area (Å²) in [5, 5.41) is 1.05. The summed E-state index contributed by atoms with van der Waals surface area (Å²) in [6.07, 6.45) is 1.57. The predicted octanol–water partition coefficient (Wildman–Crippen LogP) is 2.73. The van der Waals surface area contributed by atoms with Gasteiger partial charge in [-0.2, -0.15) is 0 Å². The third-order valence-corrected chi connectivity index (χ3v) is 2.84. The summed E-state index contributed by atoms with van der Waals surface area (Å²) < 4.78 is 11.0. The van der Waals surface area contributed by atoms with E-state index in [2.05, 4.69) is 0 Å². The lowest BCUT2D eigenvalue weighted by molar-refractivity contribution is 0.601. The number of hydrogen-bond donors (Lipinski definition) is 0. The Kier molecular flexibility index (Phi) is 3.07. The van der Waals surface area contributed by atoms with Gasteiger partial charge in [-0.1, -0.05) is 23.2 Å². The number of hydrogen-bond acceptors (Lipinski definition) is 1. The van der Waals surface area contributed by atoms with Crippen molar-refractivity contribution in [3.05, 3.63) is 28.2 Å². The molecule has 4 heteroatoms. The molecule has 0 aliphatic heterocycles. The Morgan fingerprint density at radius 3 is 2.45 bits per heavy atom. The minimum absolute atomic E-state index is 0.496. The molecule has 0 amide bonds. The van der Waals surface area contributed by atoms with E-state index in [9.17, 15) is 4.55 Å². The normalized spacial score (nSPS) is 13.1. The van der Waals surface area contributed by atoms with Crippen LogP contribution in [0.25, 0.3) is 0 Å². The van der Waals surface area contributed by atoms with Gasteiger partial charge in [-0.05, 0) is 23.3 Å². The lowest BCUT2D eigenvalue weighted by Gasteiger charge is -2.05. The van der Waals surface area contributed by atoms with E-state index < -0.39 is 11.2 Å². The predicted molar refractivity (Wildman–Crippen MR) is 48.8 cm³/mol. The first-order valence-corrected chi connectivity index (χ1v) is 5.21. The molecule has 1 aromatic carbocycles. The van der Waals surface area contributed by atoms with Gasteiger partial charge in [0.05, 0.1) is 5.02 Å². The van der Waals surface area contributed by atoms with E-state index in [-0.39, 0.29) is 0 Å². The molecule has 1 rings (SSSR count). The second kappa shape index (κ2) is 3.68. The summed E-state index contributed by atoms with van der Waals surface area (Å²) in [6, 6.07) is 4.92. The van der Waals surface area contributed by atoms with Crippen LogP contribution in [0, 0.1) is 0 Å². The minimum atomic E-state index is -1.07. The summed E-state index contributed by atoms with van der Waals surface area (Å²) in [4.78, 5) is 0.583. The lowest BCUT2D eigenvalue weighted by atomic mass is 10.4. The summed E-state index contributed by atoms with van der Waals surface area (Å²) in [5.41, 5.74) is 0. The van der Waals surface area contributed by atoms with Crippen LogP contribution in [-0.2, 0) is 11.2 Å². The van der Waals surface area contributed by atoms with Crippen molar-refractivity contribution in [2.75, 3.05) is 6.26 Å². The Balaban J connectivity index is 3.13. The van der Waals surface area contributed by atoms with Crippen LogP contribution in [0.15, 0.2) is 23.1 Å². The second-order valence-corrected chi connectivity index (χ2v) is 4.22. The van der Waals surface area contributed by atoms with Gasteiger partial charge in [-0.3, -0.25) is 0 Å². The average Bonchev–Trinajstić information content (AvgIpc) is 1.94. The van der Waals surface area contributed by atoms with Gasteiger partial charge in [-0.25, -0.2) is 0 Å². The van der Waals surface area contributed by atoms with Gasteiger partial charge in [0.2, 0.25) is 0 Å². The van der Waals surface area contributed by atoms with Crippen molar-refractivity contribution in [2.24, 2.45) is 0 Å². The molecule has 0 aliphatic rings. The summed E-state index contributed by atoms with van der Waals surface area (Å²) in [7, 11) is 0. The molecule has 60 valence electrons. The largest absolute Gasteiger partial charge is 0.612 e. The zero-order valence-electron chi connectivity index (χ0n) is 5.80. The molecule has 1 aromatic rings. The van der Waals surface area contributed by atoms with Gasteiger partial charge >= 0.3 is 0 Å². The summed E-state index contributed by atoms with van der Waals surface area (Å²) in [5.74, 6) is 0. The standard InChI is InChI=1S/C7H6Cl2OS/c1-11(10)7-4-5(8)2-3-6(7)9/h2-4H,1H3. The molecule has 0 saturated heterocycles. The molecule has 0 radical (unpaired) electrons. The maximum absolute atomic E-state index is 11.0. The first-order chi connectivity index (χ1) is 5.11. The molecule has 1 nitrogen and oxygen atoms in total. The van der Waals surface area contributed by atoms with E-state index in [1.54, 1.807) is 24.5 Å². The monoisotopic (exact) mass is 208 g/mol. The van der Waals surface area contributed by atoms with E-state index >= 15 is 0 Å². The highest BCUT2D eigenvalue weighted by molar-refractivity contribution is 7.90. The molecule has 0 bridgehead atoms. The third-order valence-electron chi connectivity index (χ3n) is 1.20. The van der Waals surface area contributed by atoms with Crippen LogP contribution >= 0.6 is 23.2 Å². The molecule has 0 fully saturated rings. The molecule has 0 aliphatic carbocycles. The third kappa shape index (κ3) is 2.27. The van der Waals surface area contributed by atoms with Crippen LogP contribution < -0.4 is 0 Å². The number of benzene rings is 1. The van der Waals surface area contributed by atoms with Crippen LogP contribution in [0.3, 0.4) is 0 Å². The van der Waals surface area contributed by atoms with Crippen molar-refractivity contribution < 1.29 is 4.55 Å². The summed E-state index contributed by atoms with van der Waals surface area (Å²) >= 11 is 10.3. The SMILES string of the molecule is C[S+]([O-])c1cc(Cl)ccc1Cl. The molecule has 11 heavy (non-hydrogen) atoms. The molecule has 1 atom stereocenters. The molecule has 0 N–H and O–H groups in total. The molecule has 0 heterocycles. The van der Waals surface area contributed by atoms with Crippen molar-refractivity contribution in [3.63, 3.8) is 0 Å². The molecular formula is C7H6Cl2OS. The minimum Gasteiger partial charge on any atom is -0.612 e. The van der Waals surface area contributed by atoms with Crippen LogP contribution in [0.5, 0.6) is 0 Å². The van der Waals surface area contributed by atoms with Crippen molar-refractivity contribution >= 4 is 34.4 Å². The lowest BCUT2D eigenvalue weighted by Crippen LogP contribution is -1.97. The molecular weight excluding hydrogens is 203 g/mol. The van der Waals surface area contributed by atoms with Crippen LogP contribution in [0.1, 0.15) is 0 Å². The maximum atomic E-state index is 11.0. The first kappa shape index (κ1) is 9.20. The fourth-order valence-electron chi connectivity index (χ4n) is 0.697. The Morgan fingerprint density at radius 2 is 2.00 bits per heavy atom. The van der Waals surface area contributed by atoms with Crippen molar-refractivity contribution in [1.29, 1.82) is 0 Å². The highest BCUT2D eigenvalue weighted by Gasteiger charge is 2.09. The number of halogens is 2. The van der Waals surface area contributed by atoms with E-state index in [4.69, 9.17) is 23.2 Å². The number of rotatable bonds is 1. The summed E-state index contributed by atoms with van der Waals surface area (Å²) in [6.45, 7) is 0. The van der Waals surface area contributed by atoms with Crippen molar-refractivity contribution in [1.82, 2.24) is 0 Å². The van der Waals surface area contributed by atoms with E-state index in [0.29, 0.717) is 14.9 Å². The Labute approximate surface area is 78.5 Å². The fraction of sp³-hybridized carbons (Fsp3) is 0.143.